The lowest BCUT2D eigenvalue weighted by atomic mass is 10.0. The molecule has 0 fully saturated rings. The predicted molar refractivity (Wildman–Crippen MR) is 74.0 cm³/mol. The van der Waals surface area contributed by atoms with Crippen molar-refractivity contribution in [2.45, 2.75) is 39.3 Å². The highest BCUT2D eigenvalue weighted by molar-refractivity contribution is 5.80. The molecule has 3 heterocycles. The summed E-state index contributed by atoms with van der Waals surface area (Å²) in [6, 6.07) is -0.212. The number of fused-ring (bicyclic) bond motifs is 1. The fraction of sp³-hybridized carbons (Fsp3) is 0.500. The smallest absolute Gasteiger partial charge is 0.245 e. The van der Waals surface area contributed by atoms with E-state index in [2.05, 4.69) is 22.1 Å². The molecule has 0 radical (unpaired) electrons. The number of amides is 1. The van der Waals surface area contributed by atoms with Crippen molar-refractivity contribution in [1.82, 2.24) is 24.6 Å². The van der Waals surface area contributed by atoms with Gasteiger partial charge in [-0.2, -0.15) is 5.10 Å². The van der Waals surface area contributed by atoms with Gasteiger partial charge in [0.1, 0.15) is 6.04 Å². The van der Waals surface area contributed by atoms with E-state index in [1.54, 1.807) is 12.5 Å². The van der Waals surface area contributed by atoms with Crippen LogP contribution in [0.1, 0.15) is 36.8 Å². The van der Waals surface area contributed by atoms with Gasteiger partial charge in [0, 0.05) is 43.2 Å². The van der Waals surface area contributed by atoms with Crippen molar-refractivity contribution in [2.75, 3.05) is 6.54 Å². The number of carbonyl (C=O) groups excluding carboxylic acids is 1. The first-order valence-corrected chi connectivity index (χ1v) is 7.02. The first-order chi connectivity index (χ1) is 9.70. The quantitative estimate of drug-likeness (QED) is 0.917. The lowest BCUT2D eigenvalue weighted by Crippen LogP contribution is -2.39. The molecule has 0 saturated heterocycles. The van der Waals surface area contributed by atoms with Gasteiger partial charge >= 0.3 is 0 Å². The van der Waals surface area contributed by atoms with Gasteiger partial charge in [0.05, 0.1) is 12.0 Å². The van der Waals surface area contributed by atoms with Crippen molar-refractivity contribution >= 4 is 5.91 Å². The number of aromatic amines is 1. The SMILES string of the molecule is CCc1n[nH]c2c1CN(C(=O)C(C)n1ccnc1)CC2. The Balaban J connectivity index is 1.78. The number of carbonyl (C=O) groups is 1. The zero-order valence-corrected chi connectivity index (χ0v) is 11.8. The van der Waals surface area contributed by atoms with Crippen molar-refractivity contribution in [3.05, 3.63) is 35.7 Å². The summed E-state index contributed by atoms with van der Waals surface area (Å²) in [4.78, 5) is 18.5. The van der Waals surface area contributed by atoms with Crippen LogP contribution in [0.15, 0.2) is 18.7 Å². The Hall–Kier alpha value is -2.11. The van der Waals surface area contributed by atoms with Crippen LogP contribution >= 0.6 is 0 Å². The van der Waals surface area contributed by atoms with Crippen LogP contribution in [0, 0.1) is 0 Å². The predicted octanol–water partition coefficient (Wildman–Crippen LogP) is 1.31. The minimum atomic E-state index is -0.212. The van der Waals surface area contributed by atoms with E-state index in [1.807, 2.05) is 22.6 Å². The zero-order valence-electron chi connectivity index (χ0n) is 11.8. The normalized spacial score (nSPS) is 16.0. The van der Waals surface area contributed by atoms with Gasteiger partial charge in [0.15, 0.2) is 0 Å². The Bertz CT molecular complexity index is 588. The van der Waals surface area contributed by atoms with Crippen LogP contribution < -0.4 is 0 Å². The van der Waals surface area contributed by atoms with Gasteiger partial charge in [-0.25, -0.2) is 4.98 Å². The molecule has 1 amide bonds. The zero-order chi connectivity index (χ0) is 14.1. The maximum Gasteiger partial charge on any atom is 0.245 e. The summed E-state index contributed by atoms with van der Waals surface area (Å²) < 4.78 is 1.84. The minimum absolute atomic E-state index is 0.136. The summed E-state index contributed by atoms with van der Waals surface area (Å²) in [7, 11) is 0. The molecule has 6 heteroatoms. The van der Waals surface area contributed by atoms with Crippen molar-refractivity contribution in [2.24, 2.45) is 0 Å². The number of H-pyrrole nitrogens is 1. The molecule has 0 aromatic carbocycles. The van der Waals surface area contributed by atoms with E-state index in [0.717, 1.165) is 25.1 Å². The summed E-state index contributed by atoms with van der Waals surface area (Å²) in [5, 5.41) is 7.42. The van der Waals surface area contributed by atoms with Crippen LogP contribution in [0.2, 0.25) is 0 Å². The molecule has 0 aliphatic carbocycles. The second-order valence-electron chi connectivity index (χ2n) is 5.18. The van der Waals surface area contributed by atoms with Crippen LogP contribution in [0.25, 0.3) is 0 Å². The van der Waals surface area contributed by atoms with E-state index in [9.17, 15) is 4.79 Å². The summed E-state index contributed by atoms with van der Waals surface area (Å²) >= 11 is 0. The Kier molecular flexibility index (Phi) is 3.30. The molecule has 1 aliphatic rings. The van der Waals surface area contributed by atoms with E-state index >= 15 is 0 Å². The number of aryl methyl sites for hydroxylation is 1. The third-order valence-corrected chi connectivity index (χ3v) is 4.00. The van der Waals surface area contributed by atoms with Crippen LogP contribution in [0.5, 0.6) is 0 Å². The molecule has 0 spiro atoms. The number of hydrogen-bond donors (Lipinski definition) is 1. The van der Waals surface area contributed by atoms with E-state index in [4.69, 9.17) is 0 Å². The van der Waals surface area contributed by atoms with Crippen LogP contribution in [0.3, 0.4) is 0 Å². The molecule has 1 atom stereocenters. The van der Waals surface area contributed by atoms with Crippen molar-refractivity contribution in [3.63, 3.8) is 0 Å². The first-order valence-electron chi connectivity index (χ1n) is 7.02. The van der Waals surface area contributed by atoms with Crippen molar-refractivity contribution in [3.8, 4) is 0 Å². The van der Waals surface area contributed by atoms with Crippen LogP contribution in [-0.4, -0.2) is 37.1 Å². The summed E-state index contributed by atoms with van der Waals surface area (Å²) in [5.41, 5.74) is 3.46. The van der Waals surface area contributed by atoms with E-state index in [1.165, 1.54) is 11.3 Å². The topological polar surface area (TPSA) is 66.8 Å². The first kappa shape index (κ1) is 12.9. The van der Waals surface area contributed by atoms with E-state index in [-0.39, 0.29) is 11.9 Å². The molecular formula is C14H19N5O. The van der Waals surface area contributed by atoms with Gasteiger partial charge in [-0.3, -0.25) is 9.89 Å². The van der Waals surface area contributed by atoms with Gasteiger partial charge in [0.25, 0.3) is 0 Å². The van der Waals surface area contributed by atoms with Crippen LogP contribution in [0.4, 0.5) is 0 Å². The molecule has 6 nitrogen and oxygen atoms in total. The summed E-state index contributed by atoms with van der Waals surface area (Å²) in [6.45, 7) is 5.41. The Labute approximate surface area is 117 Å². The number of aromatic nitrogens is 4. The summed E-state index contributed by atoms with van der Waals surface area (Å²) in [5.74, 6) is 0.136. The molecular weight excluding hydrogens is 254 g/mol. The van der Waals surface area contributed by atoms with Gasteiger partial charge < -0.3 is 9.47 Å². The second kappa shape index (κ2) is 5.11. The molecule has 2 aromatic rings. The number of hydrogen-bond acceptors (Lipinski definition) is 3. The lowest BCUT2D eigenvalue weighted by molar-refractivity contribution is -0.135. The molecule has 106 valence electrons. The molecule has 20 heavy (non-hydrogen) atoms. The maximum absolute atomic E-state index is 12.6. The second-order valence-corrected chi connectivity index (χ2v) is 5.18. The molecule has 1 N–H and O–H groups in total. The highest BCUT2D eigenvalue weighted by atomic mass is 16.2. The summed E-state index contributed by atoms with van der Waals surface area (Å²) in [6.07, 6.45) is 6.96. The third kappa shape index (κ3) is 2.11. The van der Waals surface area contributed by atoms with E-state index < -0.39 is 0 Å². The Morgan fingerprint density at radius 1 is 1.55 bits per heavy atom. The Morgan fingerprint density at radius 2 is 2.40 bits per heavy atom. The highest BCUT2D eigenvalue weighted by Crippen LogP contribution is 2.22. The van der Waals surface area contributed by atoms with Gasteiger partial charge in [-0.1, -0.05) is 6.92 Å². The molecule has 1 aliphatic heterocycles. The monoisotopic (exact) mass is 273 g/mol. The van der Waals surface area contributed by atoms with Gasteiger partial charge in [-0.15, -0.1) is 0 Å². The molecule has 0 bridgehead atoms. The number of imidazole rings is 1. The Morgan fingerprint density at radius 3 is 3.10 bits per heavy atom. The average molecular weight is 273 g/mol. The standard InChI is InChI=1S/C14H19N5O/c1-3-12-11-8-18(6-4-13(11)17-16-12)14(20)10(2)19-7-5-15-9-19/h5,7,9-10H,3-4,6,8H2,1-2H3,(H,16,17). The average Bonchev–Trinajstić information content (AvgIpc) is 3.14. The molecule has 3 rings (SSSR count). The van der Waals surface area contributed by atoms with Gasteiger partial charge in [0.2, 0.25) is 5.91 Å². The number of nitrogens with one attached hydrogen (secondary N) is 1. The number of rotatable bonds is 3. The maximum atomic E-state index is 12.6. The fourth-order valence-corrected chi connectivity index (χ4v) is 2.73. The van der Waals surface area contributed by atoms with E-state index in [0.29, 0.717) is 6.54 Å². The largest absolute Gasteiger partial charge is 0.336 e. The molecule has 0 saturated carbocycles. The lowest BCUT2D eigenvalue weighted by Gasteiger charge is -2.29. The highest BCUT2D eigenvalue weighted by Gasteiger charge is 2.27. The fourth-order valence-electron chi connectivity index (χ4n) is 2.73. The number of nitrogens with zero attached hydrogens (tertiary/aromatic N) is 4. The molecule has 1 unspecified atom stereocenters. The molecule has 2 aromatic heterocycles. The van der Waals surface area contributed by atoms with Crippen molar-refractivity contribution in [1.29, 1.82) is 0 Å². The van der Waals surface area contributed by atoms with Gasteiger partial charge in [-0.05, 0) is 13.3 Å². The van der Waals surface area contributed by atoms with Crippen molar-refractivity contribution < 1.29 is 4.79 Å². The third-order valence-electron chi connectivity index (χ3n) is 4.00. The van der Waals surface area contributed by atoms with Crippen LogP contribution in [-0.2, 0) is 24.2 Å². The minimum Gasteiger partial charge on any atom is -0.336 e.